The second-order valence-corrected chi connectivity index (χ2v) is 4.72. The summed E-state index contributed by atoms with van der Waals surface area (Å²) in [4.78, 5) is 15.0. The Kier molecular flexibility index (Phi) is 5.15. The van der Waals surface area contributed by atoms with Crippen LogP contribution in [0.15, 0.2) is 42.6 Å². The third kappa shape index (κ3) is 4.80. The van der Waals surface area contributed by atoms with E-state index in [1.165, 1.54) is 0 Å². The first-order valence-corrected chi connectivity index (χ1v) is 6.80. The topological polar surface area (TPSA) is 77.2 Å². The van der Waals surface area contributed by atoms with Gasteiger partial charge in [0.25, 0.3) is 0 Å². The number of aromatic nitrogens is 1. The number of aryl methyl sites for hydroxylation is 1. The Morgan fingerprint density at radius 1 is 1.29 bits per heavy atom. The van der Waals surface area contributed by atoms with Crippen molar-refractivity contribution in [1.82, 2.24) is 4.98 Å². The molecule has 5 nitrogen and oxygen atoms in total. The molecule has 1 amide bonds. The molecular weight excluding hydrogens is 266 g/mol. The Morgan fingerprint density at radius 3 is 2.81 bits per heavy atom. The van der Waals surface area contributed by atoms with Crippen LogP contribution < -0.4 is 15.8 Å². The molecule has 21 heavy (non-hydrogen) atoms. The summed E-state index contributed by atoms with van der Waals surface area (Å²) in [5.74, 6) is 0.338. The van der Waals surface area contributed by atoms with Crippen molar-refractivity contribution in [2.45, 2.75) is 19.9 Å². The van der Waals surface area contributed by atoms with Crippen LogP contribution >= 0.6 is 0 Å². The van der Waals surface area contributed by atoms with Crippen LogP contribution in [0.1, 0.15) is 17.7 Å². The highest BCUT2D eigenvalue weighted by molar-refractivity contribution is 5.73. The van der Waals surface area contributed by atoms with Gasteiger partial charge in [0.15, 0.2) is 0 Å². The average Bonchev–Trinajstić information content (AvgIpc) is 2.47. The Morgan fingerprint density at radius 2 is 2.10 bits per heavy atom. The maximum absolute atomic E-state index is 10.7. The van der Waals surface area contributed by atoms with E-state index < -0.39 is 0 Å². The summed E-state index contributed by atoms with van der Waals surface area (Å²) in [6.07, 6.45) is 2.05. The van der Waals surface area contributed by atoms with E-state index in [9.17, 15) is 4.79 Å². The summed E-state index contributed by atoms with van der Waals surface area (Å²) in [6.45, 7) is 2.89. The van der Waals surface area contributed by atoms with E-state index in [0.29, 0.717) is 12.3 Å². The van der Waals surface area contributed by atoms with Gasteiger partial charge in [-0.3, -0.25) is 9.78 Å². The summed E-state index contributed by atoms with van der Waals surface area (Å²) in [7, 11) is 0. The first kappa shape index (κ1) is 14.8. The van der Waals surface area contributed by atoms with Crippen LogP contribution in [0.5, 0.6) is 5.75 Å². The van der Waals surface area contributed by atoms with Crippen molar-refractivity contribution >= 4 is 11.6 Å². The quantitative estimate of drug-likeness (QED) is 0.818. The molecule has 0 unspecified atom stereocenters. The molecule has 0 bridgehead atoms. The van der Waals surface area contributed by atoms with Gasteiger partial charge in [-0.1, -0.05) is 18.2 Å². The van der Waals surface area contributed by atoms with Gasteiger partial charge >= 0.3 is 0 Å². The van der Waals surface area contributed by atoms with Crippen molar-refractivity contribution in [1.29, 1.82) is 0 Å². The Hall–Kier alpha value is -2.56. The molecule has 0 spiro atoms. The minimum atomic E-state index is -0.369. The maximum Gasteiger partial charge on any atom is 0.220 e. The molecule has 0 aliphatic rings. The number of amides is 1. The van der Waals surface area contributed by atoms with Crippen molar-refractivity contribution < 1.29 is 9.53 Å². The van der Waals surface area contributed by atoms with Crippen LogP contribution in [0.25, 0.3) is 0 Å². The van der Waals surface area contributed by atoms with Crippen molar-refractivity contribution in [3.63, 3.8) is 0 Å². The molecule has 1 heterocycles. The summed E-state index contributed by atoms with van der Waals surface area (Å²) in [6, 6.07) is 11.6. The van der Waals surface area contributed by atoms with Crippen LogP contribution in [-0.4, -0.2) is 17.5 Å². The molecule has 0 aliphatic heterocycles. The molecule has 3 N–H and O–H groups in total. The summed E-state index contributed by atoms with van der Waals surface area (Å²) >= 11 is 0. The second-order valence-electron chi connectivity index (χ2n) is 4.72. The van der Waals surface area contributed by atoms with Gasteiger partial charge in [0.1, 0.15) is 5.75 Å². The standard InChI is InChI=1S/C16H19N3O2/c1-12-6-7-13(10-18-12)11-19-14-4-2-3-5-15(14)21-9-8-16(17)20/h2-7,10,19H,8-9,11H2,1H3,(H2,17,20). The highest BCUT2D eigenvalue weighted by Gasteiger charge is 2.04. The highest BCUT2D eigenvalue weighted by atomic mass is 16.5. The van der Waals surface area contributed by atoms with Gasteiger partial charge in [-0.2, -0.15) is 0 Å². The van der Waals surface area contributed by atoms with Crippen molar-refractivity contribution in [2.75, 3.05) is 11.9 Å². The van der Waals surface area contributed by atoms with Crippen LogP contribution in [0, 0.1) is 6.92 Å². The molecule has 5 heteroatoms. The van der Waals surface area contributed by atoms with Crippen LogP contribution in [0.3, 0.4) is 0 Å². The lowest BCUT2D eigenvalue weighted by Crippen LogP contribution is -2.15. The van der Waals surface area contributed by atoms with E-state index in [-0.39, 0.29) is 18.9 Å². The van der Waals surface area contributed by atoms with Crippen molar-refractivity contribution in [3.05, 3.63) is 53.9 Å². The number of nitrogens with two attached hydrogens (primary N) is 1. The molecule has 0 radical (unpaired) electrons. The fourth-order valence-electron chi connectivity index (χ4n) is 1.80. The molecule has 0 aliphatic carbocycles. The van der Waals surface area contributed by atoms with E-state index in [4.69, 9.17) is 10.5 Å². The van der Waals surface area contributed by atoms with E-state index in [1.807, 2.05) is 49.5 Å². The third-order valence-electron chi connectivity index (χ3n) is 2.95. The van der Waals surface area contributed by atoms with Crippen molar-refractivity contribution in [2.24, 2.45) is 5.73 Å². The van der Waals surface area contributed by atoms with Gasteiger partial charge in [-0.25, -0.2) is 0 Å². The zero-order valence-corrected chi connectivity index (χ0v) is 12.0. The number of ether oxygens (including phenoxy) is 1. The number of benzene rings is 1. The number of pyridine rings is 1. The number of rotatable bonds is 7. The number of hydrogen-bond donors (Lipinski definition) is 2. The number of anilines is 1. The minimum absolute atomic E-state index is 0.205. The van der Waals surface area contributed by atoms with E-state index in [2.05, 4.69) is 10.3 Å². The smallest absolute Gasteiger partial charge is 0.220 e. The molecule has 0 fully saturated rings. The van der Waals surface area contributed by atoms with Gasteiger partial charge in [0.05, 0.1) is 18.7 Å². The molecule has 0 saturated heterocycles. The van der Waals surface area contributed by atoms with Gasteiger partial charge in [0, 0.05) is 18.4 Å². The molecule has 2 rings (SSSR count). The molecule has 2 aromatic rings. The minimum Gasteiger partial charge on any atom is -0.491 e. The molecule has 0 atom stereocenters. The largest absolute Gasteiger partial charge is 0.491 e. The number of carbonyl (C=O) groups excluding carboxylic acids is 1. The summed E-state index contributed by atoms with van der Waals surface area (Å²) in [5.41, 5.74) is 8.06. The lowest BCUT2D eigenvalue weighted by Gasteiger charge is -2.12. The molecule has 1 aromatic heterocycles. The number of hydrogen-bond acceptors (Lipinski definition) is 4. The van der Waals surface area contributed by atoms with Crippen LogP contribution in [0.2, 0.25) is 0 Å². The monoisotopic (exact) mass is 285 g/mol. The second kappa shape index (κ2) is 7.28. The fraction of sp³-hybridized carbons (Fsp3) is 0.250. The Labute approximate surface area is 124 Å². The summed E-state index contributed by atoms with van der Waals surface area (Å²) < 4.78 is 5.58. The fourth-order valence-corrected chi connectivity index (χ4v) is 1.80. The zero-order valence-electron chi connectivity index (χ0n) is 12.0. The highest BCUT2D eigenvalue weighted by Crippen LogP contribution is 2.24. The molecule has 0 saturated carbocycles. The number of primary amides is 1. The molecular formula is C16H19N3O2. The first-order chi connectivity index (χ1) is 10.1. The molecule has 110 valence electrons. The number of nitrogens with zero attached hydrogens (tertiary/aromatic N) is 1. The summed E-state index contributed by atoms with van der Waals surface area (Å²) in [5, 5.41) is 3.31. The maximum atomic E-state index is 10.7. The lowest BCUT2D eigenvalue weighted by atomic mass is 10.2. The number of carbonyl (C=O) groups is 1. The average molecular weight is 285 g/mol. The SMILES string of the molecule is Cc1ccc(CNc2ccccc2OCCC(N)=O)cn1. The third-order valence-corrected chi connectivity index (χ3v) is 2.95. The lowest BCUT2D eigenvalue weighted by molar-refractivity contribution is -0.118. The predicted octanol–water partition coefficient (Wildman–Crippen LogP) is 2.26. The van der Waals surface area contributed by atoms with Gasteiger partial charge in [-0.15, -0.1) is 0 Å². The Balaban J connectivity index is 1.96. The van der Waals surface area contributed by atoms with Crippen LogP contribution in [-0.2, 0) is 11.3 Å². The van der Waals surface area contributed by atoms with Gasteiger partial charge in [0.2, 0.25) is 5.91 Å². The first-order valence-electron chi connectivity index (χ1n) is 6.80. The van der Waals surface area contributed by atoms with E-state index in [1.54, 1.807) is 0 Å². The van der Waals surface area contributed by atoms with Crippen LogP contribution in [0.4, 0.5) is 5.69 Å². The van der Waals surface area contributed by atoms with E-state index in [0.717, 1.165) is 16.9 Å². The van der Waals surface area contributed by atoms with Gasteiger partial charge < -0.3 is 15.8 Å². The normalized spacial score (nSPS) is 10.1. The van der Waals surface area contributed by atoms with E-state index >= 15 is 0 Å². The number of para-hydroxylation sites is 2. The number of nitrogens with one attached hydrogen (secondary N) is 1. The molecule has 1 aromatic carbocycles. The van der Waals surface area contributed by atoms with Gasteiger partial charge in [-0.05, 0) is 30.7 Å². The van der Waals surface area contributed by atoms with Crippen molar-refractivity contribution in [3.8, 4) is 5.75 Å². The predicted molar refractivity (Wildman–Crippen MR) is 82.0 cm³/mol. The zero-order chi connectivity index (χ0) is 15.1. The Bertz CT molecular complexity index is 597.